The molecule has 1 amide bonds. The average Bonchev–Trinajstić information content (AvgIpc) is 3.29. The van der Waals surface area contributed by atoms with Gasteiger partial charge in [-0.15, -0.1) is 0 Å². The third-order valence-corrected chi connectivity index (χ3v) is 4.78. The van der Waals surface area contributed by atoms with Crippen molar-refractivity contribution in [2.75, 3.05) is 11.9 Å². The summed E-state index contributed by atoms with van der Waals surface area (Å²) in [6, 6.07) is 17.1. The summed E-state index contributed by atoms with van der Waals surface area (Å²) in [4.78, 5) is 38.7. The van der Waals surface area contributed by atoms with Gasteiger partial charge in [0.15, 0.2) is 0 Å². The van der Waals surface area contributed by atoms with Crippen LogP contribution in [0.5, 0.6) is 5.75 Å². The van der Waals surface area contributed by atoms with E-state index in [0.29, 0.717) is 34.7 Å². The lowest BCUT2D eigenvalue weighted by molar-refractivity contribution is -0.116. The Morgan fingerprint density at radius 3 is 2.48 bits per heavy atom. The summed E-state index contributed by atoms with van der Waals surface area (Å²) in [6.45, 7) is 2.18. The summed E-state index contributed by atoms with van der Waals surface area (Å²) in [7, 11) is 0. The average molecular weight is 419 g/mol. The number of nitrogens with zero attached hydrogens (tertiary/aromatic N) is 2. The summed E-state index contributed by atoms with van der Waals surface area (Å²) in [5, 5.41) is 3.12. The van der Waals surface area contributed by atoms with E-state index < -0.39 is 11.2 Å². The minimum Gasteiger partial charge on any atom is -0.494 e. The predicted octanol–water partition coefficient (Wildman–Crippen LogP) is 2.84. The fourth-order valence-electron chi connectivity index (χ4n) is 3.37. The molecule has 0 saturated carbocycles. The van der Waals surface area contributed by atoms with Crippen LogP contribution >= 0.6 is 0 Å². The van der Waals surface area contributed by atoms with Crippen molar-refractivity contribution in [3.05, 3.63) is 93.5 Å². The normalized spacial score (nSPS) is 10.9. The smallest absolute Gasteiger partial charge is 0.332 e. The van der Waals surface area contributed by atoms with Crippen LogP contribution in [0.15, 0.2) is 80.9 Å². The first-order valence-corrected chi connectivity index (χ1v) is 9.84. The number of rotatable bonds is 7. The zero-order valence-electron chi connectivity index (χ0n) is 16.9. The van der Waals surface area contributed by atoms with Crippen LogP contribution in [-0.2, 0) is 17.9 Å². The van der Waals surface area contributed by atoms with Gasteiger partial charge < -0.3 is 14.5 Å². The summed E-state index contributed by atoms with van der Waals surface area (Å²) in [5.41, 5.74) is -0.0353. The van der Waals surface area contributed by atoms with E-state index in [0.717, 1.165) is 4.57 Å². The molecular formula is C23H21N3O5. The predicted molar refractivity (Wildman–Crippen MR) is 117 cm³/mol. The molecule has 0 aliphatic carbocycles. The van der Waals surface area contributed by atoms with Gasteiger partial charge in [0.25, 0.3) is 5.56 Å². The van der Waals surface area contributed by atoms with Crippen LogP contribution in [0, 0.1) is 0 Å². The number of hydrogen-bond donors (Lipinski definition) is 1. The van der Waals surface area contributed by atoms with Crippen molar-refractivity contribution in [2.24, 2.45) is 0 Å². The molecule has 8 nitrogen and oxygen atoms in total. The summed E-state index contributed by atoms with van der Waals surface area (Å²) >= 11 is 0. The van der Waals surface area contributed by atoms with Crippen molar-refractivity contribution >= 4 is 22.5 Å². The molecule has 0 unspecified atom stereocenters. The number of fused-ring (bicyclic) bond motifs is 1. The van der Waals surface area contributed by atoms with Crippen LogP contribution in [0.2, 0.25) is 0 Å². The first-order valence-electron chi connectivity index (χ1n) is 9.84. The number of carbonyl (C=O) groups is 1. The number of amides is 1. The van der Waals surface area contributed by atoms with E-state index in [1.165, 1.54) is 10.8 Å². The number of hydrogen-bond acceptors (Lipinski definition) is 5. The van der Waals surface area contributed by atoms with Crippen molar-refractivity contribution in [3.8, 4) is 5.75 Å². The molecule has 0 aliphatic rings. The van der Waals surface area contributed by atoms with Gasteiger partial charge in [-0.3, -0.25) is 18.7 Å². The molecule has 2 heterocycles. The van der Waals surface area contributed by atoms with Crippen molar-refractivity contribution in [3.63, 3.8) is 0 Å². The number of aromatic nitrogens is 2. The Kier molecular flexibility index (Phi) is 5.70. The highest BCUT2D eigenvalue weighted by Crippen LogP contribution is 2.16. The lowest BCUT2D eigenvalue weighted by Gasteiger charge is -2.14. The minimum absolute atomic E-state index is 0.0178. The molecule has 0 spiro atoms. The van der Waals surface area contributed by atoms with Gasteiger partial charge >= 0.3 is 5.69 Å². The highest BCUT2D eigenvalue weighted by molar-refractivity contribution is 5.91. The molecule has 2 aromatic carbocycles. The summed E-state index contributed by atoms with van der Waals surface area (Å²) in [5.74, 6) is 0.784. The van der Waals surface area contributed by atoms with E-state index in [4.69, 9.17) is 9.15 Å². The molecule has 4 aromatic rings. The fourth-order valence-corrected chi connectivity index (χ4v) is 3.37. The Labute approximate surface area is 177 Å². The van der Waals surface area contributed by atoms with Crippen molar-refractivity contribution < 1.29 is 13.9 Å². The second-order valence-corrected chi connectivity index (χ2v) is 6.86. The van der Waals surface area contributed by atoms with E-state index in [2.05, 4.69) is 5.32 Å². The largest absolute Gasteiger partial charge is 0.494 e. The van der Waals surface area contributed by atoms with Gasteiger partial charge in [-0.25, -0.2) is 4.79 Å². The first-order chi connectivity index (χ1) is 15.1. The van der Waals surface area contributed by atoms with E-state index in [1.807, 2.05) is 6.92 Å². The zero-order valence-corrected chi connectivity index (χ0v) is 16.9. The Morgan fingerprint density at radius 2 is 1.77 bits per heavy atom. The SMILES string of the molecule is CCOc1ccc(NC(=O)Cn2c(=O)n(Cc3ccco3)c(=O)c3ccccc32)cc1. The van der Waals surface area contributed by atoms with Crippen molar-refractivity contribution in [2.45, 2.75) is 20.0 Å². The van der Waals surface area contributed by atoms with Crippen molar-refractivity contribution in [1.29, 1.82) is 0 Å². The first kappa shape index (κ1) is 20.2. The number of carbonyl (C=O) groups excluding carboxylic acids is 1. The molecule has 0 fully saturated rings. The van der Waals surface area contributed by atoms with Gasteiger partial charge in [-0.05, 0) is 55.5 Å². The number of nitrogens with one attached hydrogen (secondary N) is 1. The molecule has 0 saturated heterocycles. The molecule has 4 rings (SSSR count). The Balaban J connectivity index is 1.67. The quantitative estimate of drug-likeness (QED) is 0.497. The third kappa shape index (κ3) is 4.28. The molecule has 0 atom stereocenters. The van der Waals surface area contributed by atoms with Crippen LogP contribution in [0.1, 0.15) is 12.7 Å². The van der Waals surface area contributed by atoms with E-state index >= 15 is 0 Å². The molecule has 158 valence electrons. The summed E-state index contributed by atoms with van der Waals surface area (Å²) < 4.78 is 13.1. The third-order valence-electron chi connectivity index (χ3n) is 4.78. The monoisotopic (exact) mass is 419 g/mol. The molecule has 0 bridgehead atoms. The second-order valence-electron chi connectivity index (χ2n) is 6.86. The van der Waals surface area contributed by atoms with E-state index in [-0.39, 0.29) is 19.0 Å². The lowest BCUT2D eigenvalue weighted by Crippen LogP contribution is -2.42. The molecule has 8 heteroatoms. The molecule has 2 aromatic heterocycles. The Bertz CT molecular complexity index is 1320. The van der Waals surface area contributed by atoms with Gasteiger partial charge in [0.2, 0.25) is 5.91 Å². The Morgan fingerprint density at radius 1 is 1.00 bits per heavy atom. The van der Waals surface area contributed by atoms with Crippen LogP contribution in [0.25, 0.3) is 10.9 Å². The van der Waals surface area contributed by atoms with E-state index in [1.54, 1.807) is 60.7 Å². The molecule has 0 radical (unpaired) electrons. The minimum atomic E-state index is -0.582. The zero-order chi connectivity index (χ0) is 21.8. The maximum absolute atomic E-state index is 13.1. The number of benzene rings is 2. The molecule has 31 heavy (non-hydrogen) atoms. The lowest BCUT2D eigenvalue weighted by atomic mass is 10.2. The second kappa shape index (κ2) is 8.74. The van der Waals surface area contributed by atoms with Crippen molar-refractivity contribution in [1.82, 2.24) is 9.13 Å². The number of furan rings is 1. The summed E-state index contributed by atoms with van der Waals surface area (Å²) in [6.07, 6.45) is 1.48. The topological polar surface area (TPSA) is 95.5 Å². The fraction of sp³-hybridized carbons (Fsp3) is 0.174. The maximum Gasteiger partial charge on any atom is 0.332 e. The Hall–Kier alpha value is -4.07. The van der Waals surface area contributed by atoms with Crippen LogP contribution in [0.4, 0.5) is 5.69 Å². The molecule has 0 aliphatic heterocycles. The highest BCUT2D eigenvalue weighted by atomic mass is 16.5. The van der Waals surface area contributed by atoms with Gasteiger partial charge in [0.05, 0.1) is 30.3 Å². The maximum atomic E-state index is 13.1. The van der Waals surface area contributed by atoms with Crippen LogP contribution in [-0.4, -0.2) is 21.6 Å². The van der Waals surface area contributed by atoms with Gasteiger partial charge in [-0.2, -0.15) is 0 Å². The van der Waals surface area contributed by atoms with Gasteiger partial charge in [0.1, 0.15) is 18.1 Å². The highest BCUT2D eigenvalue weighted by Gasteiger charge is 2.16. The van der Waals surface area contributed by atoms with Gasteiger partial charge in [0, 0.05) is 5.69 Å². The molecular weight excluding hydrogens is 398 g/mol. The van der Waals surface area contributed by atoms with E-state index in [9.17, 15) is 14.4 Å². The van der Waals surface area contributed by atoms with Gasteiger partial charge in [-0.1, -0.05) is 12.1 Å². The number of para-hydroxylation sites is 1. The standard InChI is InChI=1S/C23H21N3O5/c1-2-30-17-11-9-16(10-12-17)24-21(27)15-25-20-8-4-3-7-19(20)22(28)26(23(25)29)14-18-6-5-13-31-18/h3-13H,2,14-15H2,1H3,(H,24,27). The number of anilines is 1. The van der Waals surface area contributed by atoms with Crippen LogP contribution < -0.4 is 21.3 Å². The molecule has 1 N–H and O–H groups in total. The number of ether oxygens (including phenoxy) is 1. The van der Waals surface area contributed by atoms with Crippen LogP contribution in [0.3, 0.4) is 0 Å².